The summed E-state index contributed by atoms with van der Waals surface area (Å²) in [6.45, 7) is 7.05. The van der Waals surface area contributed by atoms with E-state index in [4.69, 9.17) is 5.11 Å². The summed E-state index contributed by atoms with van der Waals surface area (Å²) in [6, 6.07) is 6.57. The first-order chi connectivity index (χ1) is 10.4. The molecule has 0 bridgehead atoms. The standard InChI is InChI=1S/C16H25NO5S/c1-15(2,3)12-5-7-13(8-6-12)23(21,22)17-10-16(4,11-18)9-14(19)20/h5-8,17-18H,9-11H2,1-4H3,(H,19,20). The minimum Gasteiger partial charge on any atom is -0.481 e. The Morgan fingerprint density at radius 3 is 2.04 bits per heavy atom. The largest absolute Gasteiger partial charge is 0.481 e. The molecule has 23 heavy (non-hydrogen) atoms. The second kappa shape index (κ2) is 6.98. The van der Waals surface area contributed by atoms with Crippen LogP contribution in [0.5, 0.6) is 0 Å². The average molecular weight is 343 g/mol. The minimum absolute atomic E-state index is 0.0767. The van der Waals surface area contributed by atoms with E-state index >= 15 is 0 Å². The van der Waals surface area contributed by atoms with Crippen molar-refractivity contribution >= 4 is 16.0 Å². The summed E-state index contributed by atoms with van der Waals surface area (Å²) in [7, 11) is -3.76. The maximum atomic E-state index is 12.3. The predicted octanol–water partition coefficient (Wildman–Crippen LogP) is 1.74. The number of hydrogen-bond donors (Lipinski definition) is 3. The molecule has 0 saturated carbocycles. The van der Waals surface area contributed by atoms with E-state index in [-0.39, 0.29) is 23.3 Å². The van der Waals surface area contributed by atoms with E-state index in [9.17, 15) is 18.3 Å². The van der Waals surface area contributed by atoms with Gasteiger partial charge >= 0.3 is 5.97 Å². The van der Waals surface area contributed by atoms with Crippen LogP contribution in [0.3, 0.4) is 0 Å². The summed E-state index contributed by atoms with van der Waals surface area (Å²) < 4.78 is 27.0. The van der Waals surface area contributed by atoms with Crippen molar-refractivity contribution in [1.29, 1.82) is 0 Å². The van der Waals surface area contributed by atoms with Gasteiger partial charge in [-0.05, 0) is 23.1 Å². The van der Waals surface area contributed by atoms with Gasteiger partial charge < -0.3 is 10.2 Å². The number of aliphatic carboxylic acids is 1. The second-order valence-electron chi connectivity index (χ2n) is 7.14. The topological polar surface area (TPSA) is 104 Å². The maximum absolute atomic E-state index is 12.3. The van der Waals surface area contributed by atoms with Crippen LogP contribution in [0.25, 0.3) is 0 Å². The van der Waals surface area contributed by atoms with Crippen LogP contribution in [-0.2, 0) is 20.2 Å². The SMILES string of the molecule is CC(CO)(CNS(=O)(=O)c1ccc(C(C)(C)C)cc1)CC(=O)O. The van der Waals surface area contributed by atoms with Crippen LogP contribution in [0.4, 0.5) is 0 Å². The van der Waals surface area contributed by atoms with Gasteiger partial charge in [0.2, 0.25) is 10.0 Å². The fraction of sp³-hybridized carbons (Fsp3) is 0.562. The molecule has 0 fully saturated rings. The fourth-order valence-corrected chi connectivity index (χ4v) is 3.23. The quantitative estimate of drug-likeness (QED) is 0.699. The van der Waals surface area contributed by atoms with E-state index in [1.165, 1.54) is 19.1 Å². The molecule has 0 aliphatic carbocycles. The highest BCUT2D eigenvalue weighted by atomic mass is 32.2. The van der Waals surface area contributed by atoms with E-state index in [0.29, 0.717) is 0 Å². The molecule has 1 rings (SSSR count). The zero-order valence-electron chi connectivity index (χ0n) is 14.0. The van der Waals surface area contributed by atoms with E-state index in [1.807, 2.05) is 20.8 Å². The number of carbonyl (C=O) groups is 1. The van der Waals surface area contributed by atoms with Gasteiger partial charge in [0.05, 0.1) is 17.9 Å². The Morgan fingerprint density at radius 1 is 1.13 bits per heavy atom. The molecule has 0 aliphatic heterocycles. The molecule has 0 aromatic heterocycles. The lowest BCUT2D eigenvalue weighted by Gasteiger charge is -2.25. The third-order valence-corrected chi connectivity index (χ3v) is 5.10. The first kappa shape index (κ1) is 19.6. The first-order valence-electron chi connectivity index (χ1n) is 7.32. The molecule has 0 amide bonds. The zero-order chi connectivity index (χ0) is 17.9. The number of aliphatic hydroxyl groups excluding tert-OH is 1. The van der Waals surface area contributed by atoms with Crippen LogP contribution in [0, 0.1) is 5.41 Å². The van der Waals surface area contributed by atoms with Crippen LogP contribution >= 0.6 is 0 Å². The van der Waals surface area contributed by atoms with Crippen molar-refractivity contribution in [2.75, 3.05) is 13.2 Å². The minimum atomic E-state index is -3.76. The number of sulfonamides is 1. The van der Waals surface area contributed by atoms with Crippen molar-refractivity contribution in [2.45, 2.75) is 44.4 Å². The summed E-state index contributed by atoms with van der Waals surface area (Å²) in [4.78, 5) is 10.9. The van der Waals surface area contributed by atoms with Crippen LogP contribution in [0.1, 0.15) is 39.7 Å². The van der Waals surface area contributed by atoms with Gasteiger partial charge in [0.1, 0.15) is 0 Å². The van der Waals surface area contributed by atoms with Crippen molar-refractivity contribution in [3.8, 4) is 0 Å². The lowest BCUT2D eigenvalue weighted by Crippen LogP contribution is -2.39. The van der Waals surface area contributed by atoms with E-state index in [2.05, 4.69) is 4.72 Å². The Balaban J connectivity index is 2.89. The molecule has 0 aliphatic rings. The van der Waals surface area contributed by atoms with Gasteiger partial charge in [0, 0.05) is 12.0 Å². The van der Waals surface area contributed by atoms with Crippen molar-refractivity contribution in [3.05, 3.63) is 29.8 Å². The average Bonchev–Trinajstić information content (AvgIpc) is 2.44. The van der Waals surface area contributed by atoms with E-state index in [1.54, 1.807) is 12.1 Å². The Labute approximate surface area is 137 Å². The van der Waals surface area contributed by atoms with E-state index in [0.717, 1.165) is 5.56 Å². The molecular weight excluding hydrogens is 318 g/mol. The number of carboxylic acids is 1. The third kappa shape index (κ3) is 5.60. The molecule has 6 nitrogen and oxygen atoms in total. The Morgan fingerprint density at radius 2 is 1.65 bits per heavy atom. The monoisotopic (exact) mass is 343 g/mol. The van der Waals surface area contributed by atoms with Crippen LogP contribution < -0.4 is 4.72 Å². The van der Waals surface area contributed by atoms with Gasteiger partial charge in [-0.3, -0.25) is 4.79 Å². The molecule has 1 unspecified atom stereocenters. The number of rotatable bonds is 7. The van der Waals surface area contributed by atoms with Crippen LogP contribution in [0.15, 0.2) is 29.2 Å². The van der Waals surface area contributed by atoms with Crippen molar-refractivity contribution in [2.24, 2.45) is 5.41 Å². The second-order valence-corrected chi connectivity index (χ2v) is 8.91. The van der Waals surface area contributed by atoms with Crippen molar-refractivity contribution in [3.63, 3.8) is 0 Å². The van der Waals surface area contributed by atoms with Gasteiger partial charge in [-0.2, -0.15) is 0 Å². The molecule has 3 N–H and O–H groups in total. The Bertz CT molecular complexity index is 646. The lowest BCUT2D eigenvalue weighted by atomic mass is 9.87. The summed E-state index contributed by atoms with van der Waals surface area (Å²) in [5.41, 5.74) is -0.112. The predicted molar refractivity (Wildman–Crippen MR) is 87.8 cm³/mol. The van der Waals surface area contributed by atoms with Crippen LogP contribution in [-0.4, -0.2) is 37.8 Å². The smallest absolute Gasteiger partial charge is 0.304 e. The zero-order valence-corrected chi connectivity index (χ0v) is 14.8. The third-order valence-electron chi connectivity index (χ3n) is 3.68. The highest BCUT2D eigenvalue weighted by Crippen LogP contribution is 2.24. The molecule has 1 aromatic carbocycles. The lowest BCUT2D eigenvalue weighted by molar-refractivity contribution is -0.140. The molecule has 0 radical (unpaired) electrons. The van der Waals surface area contributed by atoms with Crippen LogP contribution in [0.2, 0.25) is 0 Å². The van der Waals surface area contributed by atoms with Crippen molar-refractivity contribution < 1.29 is 23.4 Å². The number of hydrogen-bond acceptors (Lipinski definition) is 4. The molecule has 0 spiro atoms. The van der Waals surface area contributed by atoms with Crippen molar-refractivity contribution in [1.82, 2.24) is 4.72 Å². The summed E-state index contributed by atoms with van der Waals surface area (Å²) in [6.07, 6.45) is -0.324. The van der Waals surface area contributed by atoms with Gasteiger partial charge in [0.25, 0.3) is 0 Å². The Hall–Kier alpha value is -1.44. The molecule has 1 atom stereocenters. The van der Waals surface area contributed by atoms with Gasteiger partial charge in [-0.15, -0.1) is 0 Å². The first-order valence-corrected chi connectivity index (χ1v) is 8.81. The highest BCUT2D eigenvalue weighted by molar-refractivity contribution is 7.89. The summed E-state index contributed by atoms with van der Waals surface area (Å²) in [5.74, 6) is -1.09. The summed E-state index contributed by atoms with van der Waals surface area (Å²) >= 11 is 0. The normalized spacial score (nSPS) is 15.2. The number of nitrogens with one attached hydrogen (secondary N) is 1. The molecule has 1 aromatic rings. The summed E-state index contributed by atoms with van der Waals surface area (Å²) in [5, 5.41) is 18.2. The van der Waals surface area contributed by atoms with Gasteiger partial charge in [-0.25, -0.2) is 13.1 Å². The molecule has 7 heteroatoms. The number of carboxylic acid groups (broad SMARTS) is 1. The Kier molecular flexibility index (Phi) is 5.95. The van der Waals surface area contributed by atoms with Gasteiger partial charge in [0.15, 0.2) is 0 Å². The molecule has 130 valence electrons. The number of aliphatic hydroxyl groups is 1. The van der Waals surface area contributed by atoms with Gasteiger partial charge in [-0.1, -0.05) is 39.8 Å². The fourth-order valence-electron chi connectivity index (χ4n) is 2.03. The molecular formula is C16H25NO5S. The van der Waals surface area contributed by atoms with E-state index < -0.39 is 28.0 Å². The maximum Gasteiger partial charge on any atom is 0.304 e. The highest BCUT2D eigenvalue weighted by Gasteiger charge is 2.29. The number of benzene rings is 1. The molecule has 0 saturated heterocycles. The molecule has 0 heterocycles.